The lowest BCUT2D eigenvalue weighted by atomic mass is 10.1. The zero-order valence-electron chi connectivity index (χ0n) is 13.3. The number of nitrogens with zero attached hydrogens (tertiary/aromatic N) is 1. The summed E-state index contributed by atoms with van der Waals surface area (Å²) in [5, 5.41) is 11.8. The maximum Gasteiger partial charge on any atom is 0.276 e. The molecule has 0 unspecified atom stereocenters. The van der Waals surface area contributed by atoms with Crippen molar-refractivity contribution in [3.05, 3.63) is 58.9 Å². The molecule has 2 aromatic rings. The van der Waals surface area contributed by atoms with Crippen molar-refractivity contribution >= 4 is 23.2 Å². The molecule has 0 atom stereocenters. The first-order valence-corrected chi connectivity index (χ1v) is 7.18. The number of hydrogen-bond acceptors (Lipinski definition) is 5. The summed E-state index contributed by atoms with van der Waals surface area (Å²) >= 11 is 0. The maximum atomic E-state index is 14.0. The fourth-order valence-corrected chi connectivity index (χ4v) is 2.01. The minimum absolute atomic E-state index is 0.100. The SMILES string of the molecule is Cc1ccc(Nc2cc(C#N)ccc2C(=O)NOCC(N)=O)c(F)c1. The van der Waals surface area contributed by atoms with Crippen LogP contribution in [-0.2, 0) is 9.63 Å². The van der Waals surface area contributed by atoms with Gasteiger partial charge in [0.25, 0.3) is 5.91 Å². The molecule has 4 N–H and O–H groups in total. The van der Waals surface area contributed by atoms with E-state index in [9.17, 15) is 14.0 Å². The summed E-state index contributed by atoms with van der Waals surface area (Å²) in [7, 11) is 0. The van der Waals surface area contributed by atoms with Gasteiger partial charge in [0.1, 0.15) is 5.82 Å². The van der Waals surface area contributed by atoms with E-state index in [0.29, 0.717) is 0 Å². The highest BCUT2D eigenvalue weighted by Gasteiger charge is 2.14. The number of halogens is 1. The van der Waals surface area contributed by atoms with E-state index in [4.69, 9.17) is 11.0 Å². The summed E-state index contributed by atoms with van der Waals surface area (Å²) in [5.74, 6) is -1.93. The van der Waals surface area contributed by atoms with Gasteiger partial charge in [-0.15, -0.1) is 0 Å². The van der Waals surface area contributed by atoms with Gasteiger partial charge < -0.3 is 11.1 Å². The summed E-state index contributed by atoms with van der Waals surface area (Å²) in [6.07, 6.45) is 0. The van der Waals surface area contributed by atoms with E-state index in [2.05, 4.69) is 15.6 Å². The van der Waals surface area contributed by atoms with Gasteiger partial charge in [-0.1, -0.05) is 6.07 Å². The van der Waals surface area contributed by atoms with Crippen LogP contribution in [0.1, 0.15) is 21.5 Å². The molecule has 2 rings (SSSR count). The number of nitrogens with one attached hydrogen (secondary N) is 2. The molecule has 8 heteroatoms. The van der Waals surface area contributed by atoms with Crippen molar-refractivity contribution in [1.29, 1.82) is 5.26 Å². The summed E-state index contributed by atoms with van der Waals surface area (Å²) in [6, 6.07) is 10.7. The number of primary amides is 1. The largest absolute Gasteiger partial charge is 0.368 e. The first kappa shape index (κ1) is 17.9. The third-order valence-corrected chi connectivity index (χ3v) is 3.17. The lowest BCUT2D eigenvalue weighted by Gasteiger charge is -2.13. The monoisotopic (exact) mass is 342 g/mol. The average molecular weight is 342 g/mol. The fourth-order valence-electron chi connectivity index (χ4n) is 2.01. The van der Waals surface area contributed by atoms with Gasteiger partial charge in [0.2, 0.25) is 5.91 Å². The Morgan fingerprint density at radius 3 is 2.64 bits per heavy atom. The highest BCUT2D eigenvalue weighted by atomic mass is 19.1. The van der Waals surface area contributed by atoms with Crippen LogP contribution in [0.4, 0.5) is 15.8 Å². The molecular weight excluding hydrogens is 327 g/mol. The van der Waals surface area contributed by atoms with Gasteiger partial charge in [0.15, 0.2) is 6.61 Å². The Labute approximate surface area is 143 Å². The Kier molecular flexibility index (Phi) is 5.66. The second-order valence-electron chi connectivity index (χ2n) is 5.17. The summed E-state index contributed by atoms with van der Waals surface area (Å²) in [6.45, 7) is 1.26. The lowest BCUT2D eigenvalue weighted by Crippen LogP contribution is -2.29. The number of carbonyl (C=O) groups excluding carboxylic acids is 2. The predicted octanol–water partition coefficient (Wildman–Crippen LogP) is 1.90. The number of benzene rings is 2. The van der Waals surface area contributed by atoms with E-state index in [-0.39, 0.29) is 22.5 Å². The molecule has 0 saturated heterocycles. The minimum Gasteiger partial charge on any atom is -0.368 e. The first-order chi connectivity index (χ1) is 11.9. The second kappa shape index (κ2) is 7.90. The zero-order chi connectivity index (χ0) is 18.4. The average Bonchev–Trinajstić information content (AvgIpc) is 2.56. The van der Waals surface area contributed by atoms with Crippen molar-refractivity contribution in [2.24, 2.45) is 5.73 Å². The third kappa shape index (κ3) is 4.76. The van der Waals surface area contributed by atoms with Crippen molar-refractivity contribution in [2.75, 3.05) is 11.9 Å². The zero-order valence-corrected chi connectivity index (χ0v) is 13.3. The quantitative estimate of drug-likeness (QED) is 0.693. The number of nitriles is 1. The van der Waals surface area contributed by atoms with Crippen molar-refractivity contribution < 1.29 is 18.8 Å². The molecule has 2 amide bonds. The number of aryl methyl sites for hydroxylation is 1. The van der Waals surface area contributed by atoms with E-state index in [0.717, 1.165) is 5.56 Å². The number of hydrogen-bond donors (Lipinski definition) is 3. The van der Waals surface area contributed by atoms with Gasteiger partial charge in [-0.25, -0.2) is 9.87 Å². The fraction of sp³-hybridized carbons (Fsp3) is 0.118. The van der Waals surface area contributed by atoms with Crippen LogP contribution in [0, 0.1) is 24.1 Å². The molecule has 0 fully saturated rings. The van der Waals surface area contributed by atoms with Crippen molar-refractivity contribution in [3.63, 3.8) is 0 Å². The van der Waals surface area contributed by atoms with Crippen molar-refractivity contribution in [3.8, 4) is 6.07 Å². The topological polar surface area (TPSA) is 117 Å². The van der Waals surface area contributed by atoms with Crippen LogP contribution in [0.3, 0.4) is 0 Å². The third-order valence-electron chi connectivity index (χ3n) is 3.17. The number of anilines is 2. The first-order valence-electron chi connectivity index (χ1n) is 7.18. The molecule has 0 aromatic heterocycles. The van der Waals surface area contributed by atoms with Crippen LogP contribution < -0.4 is 16.5 Å². The van der Waals surface area contributed by atoms with Crippen molar-refractivity contribution in [1.82, 2.24) is 5.48 Å². The molecule has 0 aliphatic carbocycles. The van der Waals surface area contributed by atoms with Gasteiger partial charge in [-0.2, -0.15) is 5.26 Å². The van der Waals surface area contributed by atoms with Gasteiger partial charge in [-0.3, -0.25) is 14.4 Å². The van der Waals surface area contributed by atoms with Crippen LogP contribution in [0.2, 0.25) is 0 Å². The molecule has 0 heterocycles. The maximum absolute atomic E-state index is 14.0. The molecule has 128 valence electrons. The predicted molar refractivity (Wildman–Crippen MR) is 88.2 cm³/mol. The molecule has 2 aromatic carbocycles. The molecule has 0 aliphatic rings. The Balaban J connectivity index is 2.30. The smallest absolute Gasteiger partial charge is 0.276 e. The Hall–Kier alpha value is -3.44. The van der Waals surface area contributed by atoms with Crippen LogP contribution in [0.15, 0.2) is 36.4 Å². The molecule has 0 spiro atoms. The van der Waals surface area contributed by atoms with Crippen LogP contribution in [-0.4, -0.2) is 18.4 Å². The van der Waals surface area contributed by atoms with Crippen LogP contribution in [0.5, 0.6) is 0 Å². The molecule has 0 radical (unpaired) electrons. The number of rotatable bonds is 6. The molecule has 0 saturated carbocycles. The van der Waals surface area contributed by atoms with E-state index in [1.165, 1.54) is 30.3 Å². The summed E-state index contributed by atoms with van der Waals surface area (Å²) in [4.78, 5) is 27.5. The van der Waals surface area contributed by atoms with Crippen LogP contribution in [0.25, 0.3) is 0 Å². The van der Waals surface area contributed by atoms with Gasteiger partial charge in [0, 0.05) is 0 Å². The van der Waals surface area contributed by atoms with E-state index >= 15 is 0 Å². The molecule has 0 aliphatic heterocycles. The number of hydroxylamine groups is 1. The summed E-state index contributed by atoms with van der Waals surface area (Å²) in [5.41, 5.74) is 8.45. The molecule has 7 nitrogen and oxygen atoms in total. The van der Waals surface area contributed by atoms with E-state index in [1.807, 2.05) is 6.07 Å². The Morgan fingerprint density at radius 2 is 2.00 bits per heavy atom. The molecule has 0 bridgehead atoms. The highest BCUT2D eigenvalue weighted by molar-refractivity contribution is 6.00. The standard InChI is InChI=1S/C17H15FN4O3/c1-10-2-5-14(13(18)6-10)21-15-7-11(8-19)3-4-12(15)17(24)22-25-9-16(20)23/h2-7,21H,9H2,1H3,(H2,20,23)(H,22,24). The van der Waals surface area contributed by atoms with Gasteiger partial charge in [-0.05, 0) is 42.8 Å². The number of carbonyl (C=O) groups is 2. The highest BCUT2D eigenvalue weighted by Crippen LogP contribution is 2.25. The van der Waals surface area contributed by atoms with E-state index < -0.39 is 24.2 Å². The Morgan fingerprint density at radius 1 is 1.24 bits per heavy atom. The van der Waals surface area contributed by atoms with Crippen LogP contribution >= 0.6 is 0 Å². The Bertz CT molecular complexity index is 861. The summed E-state index contributed by atoms with van der Waals surface area (Å²) < 4.78 is 14.0. The van der Waals surface area contributed by atoms with Gasteiger partial charge in [0.05, 0.1) is 28.6 Å². The van der Waals surface area contributed by atoms with E-state index in [1.54, 1.807) is 13.0 Å². The molecular formula is C17H15FN4O3. The normalized spacial score (nSPS) is 9.96. The van der Waals surface area contributed by atoms with Gasteiger partial charge >= 0.3 is 0 Å². The van der Waals surface area contributed by atoms with Crippen molar-refractivity contribution in [2.45, 2.75) is 6.92 Å². The number of nitrogens with two attached hydrogens (primary N) is 1. The minimum atomic E-state index is -0.750. The number of amides is 2. The lowest BCUT2D eigenvalue weighted by molar-refractivity contribution is -0.124. The second-order valence-corrected chi connectivity index (χ2v) is 5.17. The molecule has 25 heavy (non-hydrogen) atoms.